The van der Waals surface area contributed by atoms with Gasteiger partial charge in [-0.05, 0) is 35.3 Å². The Hall–Kier alpha value is -1.34. The predicted molar refractivity (Wildman–Crippen MR) is 78.1 cm³/mol. The summed E-state index contributed by atoms with van der Waals surface area (Å²) in [4.78, 5) is 0. The number of rotatable bonds is 0. The van der Waals surface area contributed by atoms with Crippen LogP contribution in [0.15, 0.2) is 36.4 Å². The molecule has 0 spiro atoms. The van der Waals surface area contributed by atoms with Gasteiger partial charge in [-0.3, -0.25) is 0 Å². The molecule has 0 saturated carbocycles. The predicted octanol–water partition coefficient (Wildman–Crippen LogP) is 3.11. The van der Waals surface area contributed by atoms with Gasteiger partial charge in [-0.15, -0.1) is 0 Å². The van der Waals surface area contributed by atoms with Crippen molar-refractivity contribution in [1.82, 2.24) is 0 Å². The van der Waals surface area contributed by atoms with E-state index in [1.54, 1.807) is 10.4 Å². The van der Waals surface area contributed by atoms with Crippen LogP contribution in [0.3, 0.4) is 0 Å². The summed E-state index contributed by atoms with van der Waals surface area (Å²) in [6, 6.07) is 13.9. The monoisotopic (exact) mass is 238 g/mol. The van der Waals surface area contributed by atoms with Crippen LogP contribution < -0.4 is 10.4 Å². The molecule has 1 heteroatoms. The van der Waals surface area contributed by atoms with Gasteiger partial charge in [-0.2, -0.15) is 0 Å². The van der Waals surface area contributed by atoms with E-state index in [2.05, 4.69) is 63.3 Å². The Morgan fingerprint density at radius 2 is 1.35 bits per heavy atom. The highest BCUT2D eigenvalue weighted by Crippen LogP contribution is 2.29. The molecule has 2 aromatic rings. The molecule has 0 bridgehead atoms. The minimum absolute atomic E-state index is 1.36. The maximum absolute atomic E-state index is 2.46. The third-order valence-corrected chi connectivity index (χ3v) is 7.53. The van der Waals surface area contributed by atoms with E-state index in [4.69, 9.17) is 0 Å². The SMILES string of the molecule is Cc1ccc2c(c1)-c1ccc(C)cc1[Si]2(C)C. The largest absolute Gasteiger partial charge is 0.113 e. The number of fused-ring (bicyclic) bond motifs is 3. The molecule has 1 aliphatic heterocycles. The van der Waals surface area contributed by atoms with Crippen molar-refractivity contribution in [2.45, 2.75) is 26.9 Å². The summed E-state index contributed by atoms with van der Waals surface area (Å²) in [5, 5.41) is 3.21. The summed E-state index contributed by atoms with van der Waals surface area (Å²) in [5.74, 6) is 0. The lowest BCUT2D eigenvalue weighted by molar-refractivity contribution is 1.47. The molecule has 0 aliphatic carbocycles. The van der Waals surface area contributed by atoms with Crippen molar-refractivity contribution in [3.63, 3.8) is 0 Å². The smallest absolute Gasteiger partial charge is 0.0617 e. The number of hydrogen-bond acceptors (Lipinski definition) is 0. The van der Waals surface area contributed by atoms with Crippen LogP contribution in [0.25, 0.3) is 11.1 Å². The lowest BCUT2D eigenvalue weighted by Crippen LogP contribution is -2.49. The third kappa shape index (κ3) is 1.42. The summed E-state index contributed by atoms with van der Waals surface area (Å²) in [7, 11) is -1.44. The second-order valence-electron chi connectivity index (χ2n) is 5.72. The van der Waals surface area contributed by atoms with Crippen molar-refractivity contribution in [3.8, 4) is 11.1 Å². The Morgan fingerprint density at radius 1 is 0.706 bits per heavy atom. The first-order valence-corrected chi connectivity index (χ1v) is 9.23. The van der Waals surface area contributed by atoms with Gasteiger partial charge in [-0.1, -0.05) is 60.6 Å². The van der Waals surface area contributed by atoms with Crippen LogP contribution in [0.4, 0.5) is 0 Å². The number of benzene rings is 2. The molecule has 0 N–H and O–H groups in total. The van der Waals surface area contributed by atoms with Crippen LogP contribution in [0.5, 0.6) is 0 Å². The molecule has 2 aromatic carbocycles. The first-order valence-electron chi connectivity index (χ1n) is 6.23. The molecule has 0 aromatic heterocycles. The lowest BCUT2D eigenvalue weighted by atomic mass is 10.0. The average molecular weight is 238 g/mol. The van der Waals surface area contributed by atoms with Crippen LogP contribution >= 0.6 is 0 Å². The highest BCUT2D eigenvalue weighted by Gasteiger charge is 2.37. The van der Waals surface area contributed by atoms with Crippen LogP contribution in [0.1, 0.15) is 11.1 Å². The minimum Gasteiger partial charge on any atom is -0.0617 e. The van der Waals surface area contributed by atoms with Gasteiger partial charge in [0.15, 0.2) is 0 Å². The molecule has 0 fully saturated rings. The van der Waals surface area contributed by atoms with E-state index in [1.165, 1.54) is 22.3 Å². The molecule has 0 unspecified atom stereocenters. The quantitative estimate of drug-likeness (QED) is 0.619. The fraction of sp³-hybridized carbons (Fsp3) is 0.250. The van der Waals surface area contributed by atoms with Crippen molar-refractivity contribution in [2.24, 2.45) is 0 Å². The highest BCUT2D eigenvalue weighted by atomic mass is 28.3. The van der Waals surface area contributed by atoms with E-state index in [1.807, 2.05) is 0 Å². The summed E-state index contributed by atoms with van der Waals surface area (Å²) < 4.78 is 0. The maximum atomic E-state index is 2.46. The molecule has 17 heavy (non-hydrogen) atoms. The third-order valence-electron chi connectivity index (χ3n) is 3.99. The lowest BCUT2D eigenvalue weighted by Gasteiger charge is -2.19. The van der Waals surface area contributed by atoms with Crippen LogP contribution in [-0.4, -0.2) is 8.07 Å². The molecule has 0 amide bonds. The van der Waals surface area contributed by atoms with Crippen molar-refractivity contribution in [1.29, 1.82) is 0 Å². The van der Waals surface area contributed by atoms with Crippen LogP contribution in [-0.2, 0) is 0 Å². The second-order valence-corrected chi connectivity index (χ2v) is 10.1. The van der Waals surface area contributed by atoms with Gasteiger partial charge in [0, 0.05) is 0 Å². The number of hydrogen-bond donors (Lipinski definition) is 0. The zero-order valence-corrected chi connectivity index (χ0v) is 12.0. The Balaban J connectivity index is 2.38. The van der Waals surface area contributed by atoms with Crippen molar-refractivity contribution < 1.29 is 0 Å². The molecule has 1 aliphatic rings. The van der Waals surface area contributed by atoms with Crippen molar-refractivity contribution in [2.75, 3.05) is 0 Å². The Labute approximate surface area is 104 Å². The fourth-order valence-corrected chi connectivity index (χ4v) is 6.13. The van der Waals surface area contributed by atoms with E-state index in [0.717, 1.165) is 0 Å². The second kappa shape index (κ2) is 3.33. The van der Waals surface area contributed by atoms with Gasteiger partial charge in [-0.25, -0.2) is 0 Å². The number of aryl methyl sites for hydroxylation is 2. The average Bonchev–Trinajstić information content (AvgIpc) is 2.48. The summed E-state index contributed by atoms with van der Waals surface area (Å²) in [6.45, 7) is 9.30. The van der Waals surface area contributed by atoms with Gasteiger partial charge < -0.3 is 0 Å². The first-order chi connectivity index (χ1) is 8.00. The van der Waals surface area contributed by atoms with Gasteiger partial charge in [0.05, 0.1) is 0 Å². The molecule has 0 nitrogen and oxygen atoms in total. The summed E-state index contributed by atoms with van der Waals surface area (Å²) >= 11 is 0. The molecule has 0 saturated heterocycles. The summed E-state index contributed by atoms with van der Waals surface area (Å²) in [5.41, 5.74) is 5.71. The van der Waals surface area contributed by atoms with Crippen LogP contribution in [0, 0.1) is 13.8 Å². The Morgan fingerprint density at radius 3 is 2.12 bits per heavy atom. The van der Waals surface area contributed by atoms with Crippen molar-refractivity contribution >= 4 is 18.4 Å². The molecule has 0 atom stereocenters. The van der Waals surface area contributed by atoms with E-state index < -0.39 is 8.07 Å². The minimum atomic E-state index is -1.44. The zero-order valence-electron chi connectivity index (χ0n) is 11.0. The molecule has 3 rings (SSSR count). The molecule has 1 heterocycles. The molecular weight excluding hydrogens is 220 g/mol. The van der Waals surface area contributed by atoms with E-state index in [0.29, 0.717) is 0 Å². The van der Waals surface area contributed by atoms with E-state index in [9.17, 15) is 0 Å². The fourth-order valence-electron chi connectivity index (χ4n) is 2.98. The van der Waals surface area contributed by atoms with E-state index >= 15 is 0 Å². The maximum Gasteiger partial charge on any atom is 0.113 e. The molecule has 86 valence electrons. The normalized spacial score (nSPS) is 15.5. The van der Waals surface area contributed by atoms with Crippen LogP contribution in [0.2, 0.25) is 13.1 Å². The zero-order chi connectivity index (χ0) is 12.2. The van der Waals surface area contributed by atoms with Crippen molar-refractivity contribution in [3.05, 3.63) is 47.5 Å². The summed E-state index contributed by atoms with van der Waals surface area (Å²) in [6.07, 6.45) is 0. The van der Waals surface area contributed by atoms with E-state index in [-0.39, 0.29) is 0 Å². The topological polar surface area (TPSA) is 0 Å². The first kappa shape index (κ1) is 10.8. The van der Waals surface area contributed by atoms with Gasteiger partial charge in [0.25, 0.3) is 0 Å². The van der Waals surface area contributed by atoms with Gasteiger partial charge in [0.2, 0.25) is 0 Å². The van der Waals surface area contributed by atoms with Gasteiger partial charge in [0.1, 0.15) is 8.07 Å². The standard InChI is InChI=1S/C16H18Si/c1-11-6-8-15-14(9-11)13-7-5-12(2)10-16(13)17(15,3)4/h5-10H,1-4H3. The Kier molecular flexibility index (Phi) is 2.11. The highest BCUT2D eigenvalue weighted by molar-refractivity contribution is 7.03. The van der Waals surface area contributed by atoms with Gasteiger partial charge >= 0.3 is 0 Å². The Bertz CT molecular complexity index is 609. The molecular formula is C16H18Si. The molecule has 0 radical (unpaired) electrons.